The van der Waals surface area contributed by atoms with Gasteiger partial charge in [0, 0.05) is 25.7 Å². The van der Waals surface area contributed by atoms with Gasteiger partial charge >= 0.3 is 12.1 Å². The highest BCUT2D eigenvalue weighted by atomic mass is 16.6. The van der Waals surface area contributed by atoms with Gasteiger partial charge in [-0.15, -0.1) is 0 Å². The number of hydrogen-bond acceptors (Lipinski definition) is 5. The van der Waals surface area contributed by atoms with Crippen molar-refractivity contribution in [2.24, 2.45) is 0 Å². The van der Waals surface area contributed by atoms with Gasteiger partial charge in [0.2, 0.25) is 5.91 Å². The van der Waals surface area contributed by atoms with Crippen LogP contribution in [0, 0.1) is 0 Å². The van der Waals surface area contributed by atoms with Gasteiger partial charge in [0.25, 0.3) is 0 Å². The zero-order valence-corrected chi connectivity index (χ0v) is 16.1. The fourth-order valence-electron chi connectivity index (χ4n) is 3.27. The Bertz CT molecular complexity index is 627. The summed E-state index contributed by atoms with van der Waals surface area (Å²) in [5.41, 5.74) is 0.939. The molecule has 1 aromatic rings. The van der Waals surface area contributed by atoms with Crippen molar-refractivity contribution in [3.8, 4) is 0 Å². The number of nitrogens with zero attached hydrogens (tertiary/aromatic N) is 2. The Morgan fingerprint density at radius 1 is 1.15 bits per heavy atom. The van der Waals surface area contributed by atoms with Gasteiger partial charge in [-0.3, -0.25) is 9.59 Å². The van der Waals surface area contributed by atoms with Gasteiger partial charge in [0.15, 0.2) is 0 Å². The summed E-state index contributed by atoms with van der Waals surface area (Å²) in [6.07, 6.45) is 1.48. The van der Waals surface area contributed by atoms with Crippen LogP contribution >= 0.6 is 0 Å². The Morgan fingerprint density at radius 2 is 1.81 bits per heavy atom. The molecular weight excluding hydrogens is 348 g/mol. The van der Waals surface area contributed by atoms with E-state index in [9.17, 15) is 14.4 Å². The molecule has 27 heavy (non-hydrogen) atoms. The smallest absolute Gasteiger partial charge is 0.409 e. The minimum atomic E-state index is -0.337. The Hall–Kier alpha value is -2.57. The Balaban J connectivity index is 2.00. The number of benzene rings is 1. The van der Waals surface area contributed by atoms with E-state index in [0.29, 0.717) is 45.5 Å². The van der Waals surface area contributed by atoms with Crippen LogP contribution in [0.5, 0.6) is 0 Å². The molecule has 0 atom stereocenters. The second-order valence-corrected chi connectivity index (χ2v) is 6.49. The minimum Gasteiger partial charge on any atom is -0.469 e. The first-order valence-electron chi connectivity index (χ1n) is 9.37. The molecule has 1 aliphatic rings. The summed E-state index contributed by atoms with van der Waals surface area (Å²) in [6.45, 7) is 3.52. The van der Waals surface area contributed by atoms with Gasteiger partial charge in [0.05, 0.1) is 26.6 Å². The zero-order chi connectivity index (χ0) is 19.6. The van der Waals surface area contributed by atoms with Crippen LogP contribution in [-0.2, 0) is 25.5 Å². The van der Waals surface area contributed by atoms with Crippen LogP contribution in [0.3, 0.4) is 0 Å². The monoisotopic (exact) mass is 376 g/mol. The Kier molecular flexibility index (Phi) is 8.10. The van der Waals surface area contributed by atoms with Crippen molar-refractivity contribution < 1.29 is 23.9 Å². The topological polar surface area (TPSA) is 76.2 Å². The normalized spacial score (nSPS) is 14.5. The van der Waals surface area contributed by atoms with Gasteiger partial charge in [-0.1, -0.05) is 30.3 Å². The summed E-state index contributed by atoms with van der Waals surface area (Å²) in [7, 11) is 1.34. The number of methoxy groups -OCH3 is 1. The summed E-state index contributed by atoms with van der Waals surface area (Å²) < 4.78 is 9.76. The highest BCUT2D eigenvalue weighted by Crippen LogP contribution is 2.19. The molecule has 0 radical (unpaired) electrons. The molecule has 0 saturated carbocycles. The van der Waals surface area contributed by atoms with Crippen molar-refractivity contribution >= 4 is 18.0 Å². The number of hydrogen-bond donors (Lipinski definition) is 0. The van der Waals surface area contributed by atoms with Crippen molar-refractivity contribution in [1.82, 2.24) is 9.80 Å². The van der Waals surface area contributed by atoms with Gasteiger partial charge in [0.1, 0.15) is 0 Å². The summed E-state index contributed by atoms with van der Waals surface area (Å²) in [4.78, 5) is 39.8. The first-order valence-corrected chi connectivity index (χ1v) is 9.37. The van der Waals surface area contributed by atoms with E-state index < -0.39 is 0 Å². The lowest BCUT2D eigenvalue weighted by atomic mass is 10.0. The molecule has 0 unspecified atom stereocenters. The number of piperidine rings is 1. The predicted octanol–water partition coefficient (Wildman–Crippen LogP) is 2.24. The fourth-order valence-corrected chi connectivity index (χ4v) is 3.27. The van der Waals surface area contributed by atoms with Crippen LogP contribution in [0.2, 0.25) is 0 Å². The van der Waals surface area contributed by atoms with Gasteiger partial charge in [-0.2, -0.15) is 0 Å². The average Bonchev–Trinajstić information content (AvgIpc) is 2.69. The molecule has 0 aliphatic carbocycles. The number of carbonyl (C=O) groups is 3. The van der Waals surface area contributed by atoms with Crippen LogP contribution < -0.4 is 0 Å². The first-order chi connectivity index (χ1) is 13.0. The fraction of sp³-hybridized carbons (Fsp3) is 0.550. The molecule has 0 bridgehead atoms. The highest BCUT2D eigenvalue weighted by Gasteiger charge is 2.30. The third-order valence-corrected chi connectivity index (χ3v) is 4.73. The van der Waals surface area contributed by atoms with Crippen molar-refractivity contribution in [1.29, 1.82) is 0 Å². The lowest BCUT2D eigenvalue weighted by molar-refractivity contribution is -0.142. The van der Waals surface area contributed by atoms with Gasteiger partial charge in [-0.25, -0.2) is 4.79 Å². The van der Waals surface area contributed by atoms with Crippen molar-refractivity contribution in [3.05, 3.63) is 35.9 Å². The van der Waals surface area contributed by atoms with E-state index in [1.165, 1.54) is 7.11 Å². The zero-order valence-electron chi connectivity index (χ0n) is 16.1. The SMILES string of the molecule is CCOC(=O)N1CCC(N(CCC(=O)OC)C(=O)Cc2ccccc2)CC1. The van der Waals surface area contributed by atoms with Gasteiger partial charge < -0.3 is 19.3 Å². The molecule has 0 aromatic heterocycles. The first kappa shape index (κ1) is 20.7. The molecule has 1 saturated heterocycles. The van der Waals surface area contributed by atoms with Crippen molar-refractivity contribution in [2.75, 3.05) is 33.4 Å². The molecule has 0 N–H and O–H groups in total. The van der Waals surface area contributed by atoms with Crippen LogP contribution in [0.15, 0.2) is 30.3 Å². The van der Waals surface area contributed by atoms with E-state index in [0.717, 1.165) is 5.56 Å². The Labute approximate surface area is 160 Å². The summed E-state index contributed by atoms with van der Waals surface area (Å²) in [5, 5.41) is 0. The third-order valence-electron chi connectivity index (χ3n) is 4.73. The number of ether oxygens (including phenoxy) is 2. The molecule has 2 rings (SSSR count). The molecular formula is C20H28N2O5. The van der Waals surface area contributed by atoms with E-state index in [1.54, 1.807) is 16.7 Å². The second-order valence-electron chi connectivity index (χ2n) is 6.49. The molecule has 148 valence electrons. The number of carbonyl (C=O) groups excluding carboxylic acids is 3. The van der Waals surface area contributed by atoms with Crippen molar-refractivity contribution in [2.45, 2.75) is 38.6 Å². The largest absolute Gasteiger partial charge is 0.469 e. The standard InChI is InChI=1S/C20H28N2O5/c1-3-27-20(25)21-12-9-17(10-13-21)22(14-11-19(24)26-2)18(23)15-16-7-5-4-6-8-16/h4-8,17H,3,9-15H2,1-2H3. The second kappa shape index (κ2) is 10.5. The quantitative estimate of drug-likeness (QED) is 0.682. The maximum Gasteiger partial charge on any atom is 0.409 e. The van der Waals surface area contributed by atoms with Gasteiger partial charge in [-0.05, 0) is 25.3 Å². The average molecular weight is 376 g/mol. The van der Waals surface area contributed by atoms with Crippen LogP contribution in [0.4, 0.5) is 4.79 Å². The molecule has 1 aliphatic heterocycles. The molecule has 1 fully saturated rings. The van der Waals surface area contributed by atoms with Crippen LogP contribution in [0.25, 0.3) is 0 Å². The summed E-state index contributed by atoms with van der Waals surface area (Å²) >= 11 is 0. The molecule has 1 heterocycles. The van der Waals surface area contributed by atoms with Crippen LogP contribution in [0.1, 0.15) is 31.7 Å². The summed E-state index contributed by atoms with van der Waals surface area (Å²) in [6, 6.07) is 9.54. The molecule has 2 amide bonds. The van der Waals surface area contributed by atoms with E-state index >= 15 is 0 Å². The molecule has 7 heteroatoms. The number of esters is 1. The summed E-state index contributed by atoms with van der Waals surface area (Å²) in [5.74, 6) is -0.351. The number of rotatable bonds is 7. The van der Waals surface area contributed by atoms with Crippen molar-refractivity contribution in [3.63, 3.8) is 0 Å². The molecule has 0 spiro atoms. The lowest BCUT2D eigenvalue weighted by Gasteiger charge is -2.38. The number of amides is 2. The Morgan fingerprint density at radius 3 is 2.41 bits per heavy atom. The lowest BCUT2D eigenvalue weighted by Crippen LogP contribution is -2.49. The van der Waals surface area contributed by atoms with E-state index in [1.807, 2.05) is 30.3 Å². The maximum absolute atomic E-state index is 12.9. The van der Waals surface area contributed by atoms with E-state index in [2.05, 4.69) is 0 Å². The van der Waals surface area contributed by atoms with Crippen LogP contribution in [-0.4, -0.2) is 67.2 Å². The molecule has 7 nitrogen and oxygen atoms in total. The minimum absolute atomic E-state index is 0.00320. The molecule has 1 aromatic carbocycles. The number of likely N-dealkylation sites (tertiary alicyclic amines) is 1. The van der Waals surface area contributed by atoms with E-state index in [4.69, 9.17) is 9.47 Å². The highest BCUT2D eigenvalue weighted by molar-refractivity contribution is 5.80. The predicted molar refractivity (Wildman–Crippen MR) is 100 cm³/mol. The van der Waals surface area contributed by atoms with E-state index in [-0.39, 0.29) is 30.4 Å². The maximum atomic E-state index is 12.9. The third kappa shape index (κ3) is 6.27.